The average molecular weight is 359 g/mol. The highest BCUT2D eigenvalue weighted by Gasteiger charge is 2.37. The van der Waals surface area contributed by atoms with Gasteiger partial charge in [0.1, 0.15) is 6.04 Å². The number of hydrogen-bond acceptors (Lipinski definition) is 4. The van der Waals surface area contributed by atoms with Gasteiger partial charge < -0.3 is 15.1 Å². The number of anilines is 1. The summed E-state index contributed by atoms with van der Waals surface area (Å²) < 4.78 is 1.67. The van der Waals surface area contributed by atoms with Gasteiger partial charge in [0.2, 0.25) is 5.91 Å². The molecule has 4 rings (SSSR count). The minimum atomic E-state index is -0.461. The Morgan fingerprint density at radius 2 is 2.24 bits per heavy atom. The Bertz CT molecular complexity index is 772. The lowest BCUT2D eigenvalue weighted by molar-refractivity contribution is -0.118. The predicted molar refractivity (Wildman–Crippen MR) is 95.5 cm³/mol. The van der Waals surface area contributed by atoms with Gasteiger partial charge in [-0.3, -0.25) is 9.48 Å². The van der Waals surface area contributed by atoms with E-state index in [1.165, 1.54) is 4.88 Å². The van der Waals surface area contributed by atoms with Crippen LogP contribution < -0.4 is 10.2 Å². The SMILES string of the molecule is Cn1cc(N2CCC(NC(=O)N3CCCC3c3cccs3)C2=O)cn1. The van der Waals surface area contributed by atoms with Gasteiger partial charge in [0.05, 0.1) is 17.9 Å². The van der Waals surface area contributed by atoms with Crippen LogP contribution in [0, 0.1) is 0 Å². The van der Waals surface area contributed by atoms with E-state index >= 15 is 0 Å². The molecule has 7 nitrogen and oxygen atoms in total. The van der Waals surface area contributed by atoms with Crippen LogP contribution in [0.5, 0.6) is 0 Å². The van der Waals surface area contributed by atoms with Crippen LogP contribution >= 0.6 is 11.3 Å². The summed E-state index contributed by atoms with van der Waals surface area (Å²) >= 11 is 1.68. The molecule has 8 heteroatoms. The number of rotatable bonds is 3. The number of likely N-dealkylation sites (tertiary alicyclic amines) is 1. The van der Waals surface area contributed by atoms with Gasteiger partial charge in [-0.1, -0.05) is 6.07 Å². The van der Waals surface area contributed by atoms with Crippen molar-refractivity contribution >= 4 is 29.0 Å². The number of carbonyl (C=O) groups is 2. The summed E-state index contributed by atoms with van der Waals surface area (Å²) in [5.74, 6) is -0.0618. The Morgan fingerprint density at radius 3 is 2.96 bits per heavy atom. The van der Waals surface area contributed by atoms with E-state index in [4.69, 9.17) is 0 Å². The fraction of sp³-hybridized carbons (Fsp3) is 0.471. The second-order valence-corrected chi connectivity index (χ2v) is 7.50. The van der Waals surface area contributed by atoms with Gasteiger partial charge >= 0.3 is 6.03 Å². The molecule has 0 saturated carbocycles. The minimum absolute atomic E-state index is 0.0618. The standard InChI is InChI=1S/C17H21N5O2S/c1-20-11-12(10-18-20)21-8-6-13(16(21)23)19-17(24)22-7-2-4-14(22)15-5-3-9-25-15/h3,5,9-11,13-14H,2,4,6-8H2,1H3,(H,19,24). The van der Waals surface area contributed by atoms with E-state index in [9.17, 15) is 9.59 Å². The van der Waals surface area contributed by atoms with E-state index in [2.05, 4.69) is 16.5 Å². The number of aromatic nitrogens is 2. The van der Waals surface area contributed by atoms with Gasteiger partial charge in [-0.2, -0.15) is 5.10 Å². The van der Waals surface area contributed by atoms with Crippen LogP contribution in [-0.2, 0) is 11.8 Å². The first-order chi connectivity index (χ1) is 12.1. The van der Waals surface area contributed by atoms with Gasteiger partial charge in [0.25, 0.3) is 0 Å². The van der Waals surface area contributed by atoms with Gasteiger partial charge in [0.15, 0.2) is 0 Å². The highest BCUT2D eigenvalue weighted by Crippen LogP contribution is 2.34. The lowest BCUT2D eigenvalue weighted by Gasteiger charge is -2.25. The van der Waals surface area contributed by atoms with Crippen LogP contribution in [0.4, 0.5) is 10.5 Å². The van der Waals surface area contributed by atoms with Crippen molar-refractivity contribution in [2.45, 2.75) is 31.3 Å². The molecule has 25 heavy (non-hydrogen) atoms. The number of urea groups is 1. The van der Waals surface area contributed by atoms with E-state index < -0.39 is 6.04 Å². The predicted octanol–water partition coefficient (Wildman–Crippen LogP) is 2.13. The molecule has 2 unspecified atom stereocenters. The first-order valence-electron chi connectivity index (χ1n) is 8.54. The maximum atomic E-state index is 12.7. The number of nitrogens with zero attached hydrogens (tertiary/aromatic N) is 4. The molecule has 2 aromatic heterocycles. The molecule has 2 aliphatic rings. The summed E-state index contributed by atoms with van der Waals surface area (Å²) in [5, 5.41) is 9.09. The zero-order valence-electron chi connectivity index (χ0n) is 14.1. The summed E-state index contributed by atoms with van der Waals surface area (Å²) in [7, 11) is 1.82. The van der Waals surface area contributed by atoms with Crippen LogP contribution in [-0.4, -0.2) is 45.8 Å². The number of amides is 3. The Labute approximate surface area is 150 Å². The monoisotopic (exact) mass is 359 g/mol. The van der Waals surface area contributed by atoms with Crippen LogP contribution in [0.25, 0.3) is 0 Å². The van der Waals surface area contributed by atoms with Gasteiger partial charge in [-0.15, -0.1) is 11.3 Å². The molecule has 3 amide bonds. The summed E-state index contributed by atoms with van der Waals surface area (Å²) in [6.07, 6.45) is 6.09. The van der Waals surface area contributed by atoms with Crippen LogP contribution in [0.2, 0.25) is 0 Å². The molecule has 2 atom stereocenters. The van der Waals surface area contributed by atoms with E-state index in [0.29, 0.717) is 13.0 Å². The molecule has 2 aliphatic heterocycles. The lowest BCUT2D eigenvalue weighted by Crippen LogP contribution is -2.47. The third kappa shape index (κ3) is 3.02. The van der Waals surface area contributed by atoms with E-state index in [1.807, 2.05) is 29.6 Å². The maximum absolute atomic E-state index is 12.7. The highest BCUT2D eigenvalue weighted by molar-refractivity contribution is 7.10. The third-order valence-corrected chi connectivity index (χ3v) is 5.86. The Morgan fingerprint density at radius 1 is 1.36 bits per heavy atom. The second kappa shape index (κ2) is 6.51. The van der Waals surface area contributed by atoms with Crippen LogP contribution in [0.15, 0.2) is 29.9 Å². The van der Waals surface area contributed by atoms with Crippen LogP contribution in [0.3, 0.4) is 0 Å². The van der Waals surface area contributed by atoms with Gasteiger partial charge in [-0.25, -0.2) is 4.79 Å². The fourth-order valence-electron chi connectivity index (χ4n) is 3.64. The highest BCUT2D eigenvalue weighted by atomic mass is 32.1. The number of nitrogens with one attached hydrogen (secondary N) is 1. The van der Waals surface area contributed by atoms with Crippen molar-refractivity contribution in [1.29, 1.82) is 0 Å². The molecule has 2 saturated heterocycles. The van der Waals surface area contributed by atoms with Crippen molar-refractivity contribution in [3.05, 3.63) is 34.8 Å². The number of aryl methyl sites for hydroxylation is 1. The molecule has 0 radical (unpaired) electrons. The Balaban J connectivity index is 1.42. The molecule has 0 aromatic carbocycles. The number of hydrogen-bond donors (Lipinski definition) is 1. The van der Waals surface area contributed by atoms with Crippen molar-refractivity contribution in [3.63, 3.8) is 0 Å². The van der Waals surface area contributed by atoms with E-state index in [-0.39, 0.29) is 18.0 Å². The molecule has 132 valence electrons. The topological polar surface area (TPSA) is 70.5 Å². The van der Waals surface area contributed by atoms with Crippen LogP contribution in [0.1, 0.15) is 30.2 Å². The first kappa shape index (κ1) is 16.1. The van der Waals surface area contributed by atoms with Gasteiger partial charge in [-0.05, 0) is 30.7 Å². The van der Waals surface area contributed by atoms with Crippen molar-refractivity contribution in [2.24, 2.45) is 7.05 Å². The quantitative estimate of drug-likeness (QED) is 0.913. The van der Waals surface area contributed by atoms with E-state index in [1.54, 1.807) is 27.1 Å². The molecule has 4 heterocycles. The average Bonchev–Trinajstić information content (AvgIpc) is 3.34. The minimum Gasteiger partial charge on any atom is -0.326 e. The smallest absolute Gasteiger partial charge is 0.318 e. The summed E-state index contributed by atoms with van der Waals surface area (Å²) in [4.78, 5) is 30.1. The van der Waals surface area contributed by atoms with Crippen molar-refractivity contribution in [1.82, 2.24) is 20.0 Å². The third-order valence-electron chi connectivity index (χ3n) is 4.89. The molecule has 0 bridgehead atoms. The Kier molecular flexibility index (Phi) is 4.20. The molecular formula is C17H21N5O2S. The first-order valence-corrected chi connectivity index (χ1v) is 9.42. The largest absolute Gasteiger partial charge is 0.326 e. The summed E-state index contributed by atoms with van der Waals surface area (Å²) in [6, 6.07) is 3.62. The zero-order valence-corrected chi connectivity index (χ0v) is 14.9. The number of carbonyl (C=O) groups excluding carboxylic acids is 2. The molecule has 0 spiro atoms. The Hall–Kier alpha value is -2.35. The molecular weight excluding hydrogens is 338 g/mol. The van der Waals surface area contributed by atoms with Crippen molar-refractivity contribution in [3.8, 4) is 0 Å². The van der Waals surface area contributed by atoms with Crippen molar-refractivity contribution in [2.75, 3.05) is 18.0 Å². The maximum Gasteiger partial charge on any atom is 0.318 e. The van der Waals surface area contributed by atoms with E-state index in [0.717, 1.165) is 25.1 Å². The molecule has 2 aromatic rings. The van der Waals surface area contributed by atoms with Gasteiger partial charge in [0, 0.05) is 31.2 Å². The molecule has 2 fully saturated rings. The summed E-state index contributed by atoms with van der Waals surface area (Å²) in [6.45, 7) is 1.34. The molecule has 0 aliphatic carbocycles. The summed E-state index contributed by atoms with van der Waals surface area (Å²) in [5.41, 5.74) is 0.780. The fourth-order valence-corrected chi connectivity index (χ4v) is 4.51. The molecule has 1 N–H and O–H groups in total. The lowest BCUT2D eigenvalue weighted by atomic mass is 10.2. The zero-order chi connectivity index (χ0) is 17.4. The van der Waals surface area contributed by atoms with Crippen molar-refractivity contribution < 1.29 is 9.59 Å². The normalized spacial score (nSPS) is 23.5. The number of thiophene rings is 1. The second-order valence-electron chi connectivity index (χ2n) is 6.52.